The Kier molecular flexibility index (Phi) is 5.12. The highest BCUT2D eigenvalue weighted by molar-refractivity contribution is 5.82. The monoisotopic (exact) mass is 275 g/mol. The average molecular weight is 275 g/mol. The molecular weight excluding hydrogens is 254 g/mol. The van der Waals surface area contributed by atoms with Gasteiger partial charge in [0.05, 0.1) is 0 Å². The van der Waals surface area contributed by atoms with Crippen molar-refractivity contribution in [1.82, 2.24) is 9.80 Å². The van der Waals surface area contributed by atoms with Gasteiger partial charge in [-0.15, -0.1) is 0 Å². The van der Waals surface area contributed by atoms with Crippen molar-refractivity contribution in [2.45, 2.75) is 19.4 Å². The normalized spacial score (nSPS) is 16.1. The minimum atomic E-state index is -0.416. The molecule has 1 aromatic carbocycles. The maximum Gasteiger partial charge on any atom is 0.223 e. The van der Waals surface area contributed by atoms with Gasteiger partial charge in [0.15, 0.2) is 0 Å². The number of carbonyl (C=O) groups is 2. The predicted octanol–water partition coefficient (Wildman–Crippen LogP) is 0.596. The summed E-state index contributed by atoms with van der Waals surface area (Å²) in [4.78, 5) is 26.7. The standard InChI is InChI=1S/C15H21N3O2/c16-14(19)6-7-15(20)18-10-8-17(9-11-18)12-13-4-2-1-3-5-13/h1-5H,6-12H2,(H2,16,19). The van der Waals surface area contributed by atoms with Gasteiger partial charge in [0.1, 0.15) is 0 Å². The topological polar surface area (TPSA) is 66.6 Å². The molecule has 0 atom stereocenters. The Morgan fingerprint density at radius 2 is 1.65 bits per heavy atom. The zero-order chi connectivity index (χ0) is 14.4. The Balaban J connectivity index is 1.75. The van der Waals surface area contributed by atoms with Crippen LogP contribution in [0, 0.1) is 0 Å². The lowest BCUT2D eigenvalue weighted by molar-refractivity contribution is -0.134. The molecule has 0 spiro atoms. The molecule has 1 saturated heterocycles. The fourth-order valence-electron chi connectivity index (χ4n) is 2.39. The molecular formula is C15H21N3O2. The van der Waals surface area contributed by atoms with Crippen LogP contribution in [0.15, 0.2) is 30.3 Å². The van der Waals surface area contributed by atoms with Crippen molar-refractivity contribution in [3.8, 4) is 0 Å². The van der Waals surface area contributed by atoms with E-state index in [4.69, 9.17) is 5.73 Å². The third kappa shape index (κ3) is 4.35. The first-order valence-corrected chi connectivity index (χ1v) is 6.97. The van der Waals surface area contributed by atoms with Crippen LogP contribution in [0.1, 0.15) is 18.4 Å². The predicted molar refractivity (Wildman–Crippen MR) is 76.7 cm³/mol. The van der Waals surface area contributed by atoms with E-state index in [-0.39, 0.29) is 18.7 Å². The summed E-state index contributed by atoms with van der Waals surface area (Å²) < 4.78 is 0. The Morgan fingerprint density at radius 1 is 1.00 bits per heavy atom. The van der Waals surface area contributed by atoms with Gasteiger partial charge in [0.2, 0.25) is 11.8 Å². The van der Waals surface area contributed by atoms with Crippen molar-refractivity contribution in [3.05, 3.63) is 35.9 Å². The van der Waals surface area contributed by atoms with Crippen molar-refractivity contribution in [2.24, 2.45) is 5.73 Å². The van der Waals surface area contributed by atoms with Crippen LogP contribution in [0.3, 0.4) is 0 Å². The Morgan fingerprint density at radius 3 is 2.25 bits per heavy atom. The number of carbonyl (C=O) groups excluding carboxylic acids is 2. The van der Waals surface area contributed by atoms with Crippen LogP contribution < -0.4 is 5.73 Å². The molecule has 5 nitrogen and oxygen atoms in total. The summed E-state index contributed by atoms with van der Waals surface area (Å²) >= 11 is 0. The first-order valence-electron chi connectivity index (χ1n) is 6.97. The van der Waals surface area contributed by atoms with Crippen LogP contribution in [0.2, 0.25) is 0 Å². The maximum absolute atomic E-state index is 11.9. The lowest BCUT2D eigenvalue weighted by Crippen LogP contribution is -2.48. The zero-order valence-corrected chi connectivity index (χ0v) is 11.6. The van der Waals surface area contributed by atoms with E-state index >= 15 is 0 Å². The molecule has 0 saturated carbocycles. The molecule has 1 aliphatic rings. The number of primary amides is 1. The molecule has 0 aromatic heterocycles. The van der Waals surface area contributed by atoms with Crippen molar-refractivity contribution >= 4 is 11.8 Å². The van der Waals surface area contributed by atoms with Crippen LogP contribution in [-0.4, -0.2) is 47.8 Å². The second kappa shape index (κ2) is 7.05. The van der Waals surface area contributed by atoms with E-state index < -0.39 is 5.91 Å². The maximum atomic E-state index is 11.9. The van der Waals surface area contributed by atoms with Gasteiger partial charge in [0.25, 0.3) is 0 Å². The number of nitrogens with zero attached hydrogens (tertiary/aromatic N) is 2. The SMILES string of the molecule is NC(=O)CCC(=O)N1CCN(Cc2ccccc2)CC1. The summed E-state index contributed by atoms with van der Waals surface area (Å²) in [5.74, 6) is -0.385. The molecule has 2 N–H and O–H groups in total. The number of amides is 2. The van der Waals surface area contributed by atoms with E-state index in [1.807, 2.05) is 23.1 Å². The van der Waals surface area contributed by atoms with Gasteiger partial charge in [-0.1, -0.05) is 30.3 Å². The number of piperazine rings is 1. The molecule has 0 radical (unpaired) electrons. The Labute approximate surface area is 119 Å². The molecule has 0 bridgehead atoms. The van der Waals surface area contributed by atoms with E-state index in [1.54, 1.807) is 0 Å². The zero-order valence-electron chi connectivity index (χ0n) is 11.6. The molecule has 108 valence electrons. The van der Waals surface area contributed by atoms with Gasteiger partial charge < -0.3 is 10.6 Å². The fourth-order valence-corrected chi connectivity index (χ4v) is 2.39. The molecule has 20 heavy (non-hydrogen) atoms. The van der Waals surface area contributed by atoms with Gasteiger partial charge in [-0.25, -0.2) is 0 Å². The van der Waals surface area contributed by atoms with E-state index in [9.17, 15) is 9.59 Å². The lowest BCUT2D eigenvalue weighted by Gasteiger charge is -2.34. The highest BCUT2D eigenvalue weighted by atomic mass is 16.2. The minimum absolute atomic E-state index is 0.0307. The summed E-state index contributed by atoms with van der Waals surface area (Å²) in [6.45, 7) is 4.12. The molecule has 1 aliphatic heterocycles. The van der Waals surface area contributed by atoms with Crippen LogP contribution in [-0.2, 0) is 16.1 Å². The first kappa shape index (κ1) is 14.5. The van der Waals surface area contributed by atoms with E-state index in [2.05, 4.69) is 17.0 Å². The molecule has 1 heterocycles. The number of nitrogens with two attached hydrogens (primary N) is 1. The Bertz CT molecular complexity index is 453. The van der Waals surface area contributed by atoms with Crippen LogP contribution >= 0.6 is 0 Å². The lowest BCUT2D eigenvalue weighted by atomic mass is 10.2. The number of benzene rings is 1. The van der Waals surface area contributed by atoms with Crippen LogP contribution in [0.4, 0.5) is 0 Å². The number of hydrogen-bond donors (Lipinski definition) is 1. The molecule has 1 aromatic rings. The average Bonchev–Trinajstić information content (AvgIpc) is 2.46. The van der Waals surface area contributed by atoms with E-state index in [0.717, 1.165) is 32.7 Å². The van der Waals surface area contributed by atoms with Gasteiger partial charge in [0, 0.05) is 45.6 Å². The molecule has 0 unspecified atom stereocenters. The van der Waals surface area contributed by atoms with E-state index in [0.29, 0.717) is 0 Å². The largest absolute Gasteiger partial charge is 0.370 e. The van der Waals surface area contributed by atoms with Crippen molar-refractivity contribution < 1.29 is 9.59 Å². The number of hydrogen-bond acceptors (Lipinski definition) is 3. The second-order valence-electron chi connectivity index (χ2n) is 5.11. The summed E-state index contributed by atoms with van der Waals surface area (Å²) in [5.41, 5.74) is 6.35. The third-order valence-electron chi connectivity index (χ3n) is 3.56. The van der Waals surface area contributed by atoms with Crippen LogP contribution in [0.5, 0.6) is 0 Å². The van der Waals surface area contributed by atoms with Crippen molar-refractivity contribution in [1.29, 1.82) is 0 Å². The van der Waals surface area contributed by atoms with Crippen molar-refractivity contribution in [3.63, 3.8) is 0 Å². The smallest absolute Gasteiger partial charge is 0.223 e. The molecule has 1 fully saturated rings. The van der Waals surface area contributed by atoms with E-state index in [1.165, 1.54) is 5.56 Å². The Hall–Kier alpha value is -1.88. The molecule has 0 aliphatic carbocycles. The number of rotatable bonds is 5. The quantitative estimate of drug-likeness (QED) is 0.855. The third-order valence-corrected chi connectivity index (χ3v) is 3.56. The highest BCUT2D eigenvalue weighted by Crippen LogP contribution is 2.09. The first-order chi connectivity index (χ1) is 9.65. The molecule has 5 heteroatoms. The highest BCUT2D eigenvalue weighted by Gasteiger charge is 2.21. The summed E-state index contributed by atoms with van der Waals surface area (Å²) in [6, 6.07) is 10.3. The van der Waals surface area contributed by atoms with Gasteiger partial charge in [-0.05, 0) is 5.56 Å². The second-order valence-corrected chi connectivity index (χ2v) is 5.11. The molecule has 2 amide bonds. The van der Waals surface area contributed by atoms with Crippen molar-refractivity contribution in [2.75, 3.05) is 26.2 Å². The van der Waals surface area contributed by atoms with Gasteiger partial charge in [-0.2, -0.15) is 0 Å². The minimum Gasteiger partial charge on any atom is -0.370 e. The van der Waals surface area contributed by atoms with Gasteiger partial charge >= 0.3 is 0 Å². The summed E-state index contributed by atoms with van der Waals surface area (Å²) in [5, 5.41) is 0. The summed E-state index contributed by atoms with van der Waals surface area (Å²) in [7, 11) is 0. The van der Waals surface area contributed by atoms with Gasteiger partial charge in [-0.3, -0.25) is 14.5 Å². The summed E-state index contributed by atoms with van der Waals surface area (Å²) in [6.07, 6.45) is 0.372. The fraction of sp³-hybridized carbons (Fsp3) is 0.467. The van der Waals surface area contributed by atoms with Crippen LogP contribution in [0.25, 0.3) is 0 Å². The molecule has 2 rings (SSSR count).